The molecule has 3 rings (SSSR count). The molecular formula is C21H25N3O2. The van der Waals surface area contributed by atoms with Gasteiger partial charge in [0.25, 0.3) is 0 Å². The third-order valence-electron chi connectivity index (χ3n) is 4.39. The fourth-order valence-corrected chi connectivity index (χ4v) is 2.94. The van der Waals surface area contributed by atoms with E-state index in [0.717, 1.165) is 30.8 Å². The molecule has 0 fully saturated rings. The van der Waals surface area contributed by atoms with Crippen LogP contribution in [-0.4, -0.2) is 42.0 Å². The van der Waals surface area contributed by atoms with Crippen molar-refractivity contribution in [3.05, 3.63) is 75.9 Å². The van der Waals surface area contributed by atoms with E-state index in [9.17, 15) is 4.79 Å². The topological polar surface area (TPSA) is 49.6 Å². The molecule has 2 heterocycles. The smallest absolute Gasteiger partial charge is 0.197 e. The molecule has 0 atom stereocenters. The molecule has 5 heteroatoms. The van der Waals surface area contributed by atoms with E-state index in [1.54, 1.807) is 12.5 Å². The Morgan fingerprint density at radius 2 is 1.96 bits per heavy atom. The number of fused-ring (bicyclic) bond motifs is 1. The Morgan fingerprint density at radius 3 is 2.69 bits per heavy atom. The van der Waals surface area contributed by atoms with Crippen molar-refractivity contribution in [1.29, 1.82) is 0 Å². The average Bonchev–Trinajstić information content (AvgIpc) is 2.63. The highest BCUT2D eigenvalue weighted by atomic mass is 16.3. The van der Waals surface area contributed by atoms with Crippen molar-refractivity contribution < 1.29 is 4.42 Å². The molecule has 0 aliphatic carbocycles. The molecule has 1 aromatic carbocycles. The lowest BCUT2D eigenvalue weighted by molar-refractivity contribution is 0.224. The average molecular weight is 351 g/mol. The second-order valence-electron chi connectivity index (χ2n) is 6.96. The zero-order valence-electron chi connectivity index (χ0n) is 15.6. The summed E-state index contributed by atoms with van der Waals surface area (Å²) in [6, 6.07) is 9.70. The maximum atomic E-state index is 12.9. The number of aryl methyl sites for hydroxylation is 1. The monoisotopic (exact) mass is 351 g/mol. The molecule has 136 valence electrons. The number of rotatable bonds is 7. The van der Waals surface area contributed by atoms with Gasteiger partial charge in [0.1, 0.15) is 5.58 Å². The van der Waals surface area contributed by atoms with Gasteiger partial charge in [-0.25, -0.2) is 0 Å². The van der Waals surface area contributed by atoms with Gasteiger partial charge in [0, 0.05) is 44.1 Å². The number of nitrogens with zero attached hydrogens (tertiary/aromatic N) is 3. The third kappa shape index (κ3) is 4.56. The van der Waals surface area contributed by atoms with Crippen LogP contribution < -0.4 is 5.43 Å². The highest BCUT2D eigenvalue weighted by molar-refractivity contribution is 5.77. The van der Waals surface area contributed by atoms with Crippen molar-refractivity contribution in [2.75, 3.05) is 27.2 Å². The third-order valence-corrected chi connectivity index (χ3v) is 4.39. The minimum atomic E-state index is 0.0518. The maximum Gasteiger partial charge on any atom is 0.197 e. The summed E-state index contributed by atoms with van der Waals surface area (Å²) in [6.45, 7) is 5.05. The summed E-state index contributed by atoms with van der Waals surface area (Å²) in [7, 11) is 4.10. The number of likely N-dealkylation sites (N-methyl/N-ethyl adjacent to an activating group) is 1. The molecule has 0 unspecified atom stereocenters. The van der Waals surface area contributed by atoms with Gasteiger partial charge in [-0.2, -0.15) is 0 Å². The van der Waals surface area contributed by atoms with Gasteiger partial charge < -0.3 is 9.32 Å². The molecule has 2 aromatic heterocycles. The van der Waals surface area contributed by atoms with Crippen molar-refractivity contribution in [3.63, 3.8) is 0 Å². The molecule has 5 nitrogen and oxygen atoms in total. The van der Waals surface area contributed by atoms with Gasteiger partial charge in [-0.3, -0.25) is 14.7 Å². The Balaban J connectivity index is 1.86. The van der Waals surface area contributed by atoms with Gasteiger partial charge in [-0.15, -0.1) is 0 Å². The van der Waals surface area contributed by atoms with E-state index in [0.29, 0.717) is 23.1 Å². The zero-order valence-corrected chi connectivity index (χ0v) is 15.6. The second-order valence-corrected chi connectivity index (χ2v) is 6.96. The van der Waals surface area contributed by atoms with E-state index >= 15 is 0 Å². The molecule has 3 aromatic rings. The first-order valence-electron chi connectivity index (χ1n) is 8.80. The van der Waals surface area contributed by atoms with Gasteiger partial charge in [0.2, 0.25) is 0 Å². The van der Waals surface area contributed by atoms with Crippen LogP contribution in [0.25, 0.3) is 11.0 Å². The van der Waals surface area contributed by atoms with Gasteiger partial charge in [-0.1, -0.05) is 17.7 Å². The first kappa shape index (κ1) is 18.3. The van der Waals surface area contributed by atoms with Crippen LogP contribution in [0, 0.1) is 6.92 Å². The van der Waals surface area contributed by atoms with Gasteiger partial charge in [-0.05, 0) is 44.8 Å². The molecule has 0 bridgehead atoms. The Kier molecular flexibility index (Phi) is 5.81. The van der Waals surface area contributed by atoms with Gasteiger partial charge >= 0.3 is 0 Å². The Hall–Kier alpha value is -2.50. The minimum absolute atomic E-state index is 0.0518. The SMILES string of the molecule is Cc1ccc2occ(CN(CCN(C)C)Cc3cccnc3)c(=O)c2c1. The van der Waals surface area contributed by atoms with Gasteiger partial charge in [0.15, 0.2) is 5.43 Å². The minimum Gasteiger partial charge on any atom is -0.464 e. The summed E-state index contributed by atoms with van der Waals surface area (Å²) >= 11 is 0. The maximum absolute atomic E-state index is 12.9. The fraction of sp³-hybridized carbons (Fsp3) is 0.333. The zero-order chi connectivity index (χ0) is 18.5. The quantitative estimate of drug-likeness (QED) is 0.655. The largest absolute Gasteiger partial charge is 0.464 e. The Labute approximate surface area is 153 Å². The molecule has 0 saturated carbocycles. The van der Waals surface area contributed by atoms with Crippen molar-refractivity contribution in [2.24, 2.45) is 0 Å². The molecule has 0 spiro atoms. The normalized spacial score (nSPS) is 11.6. The van der Waals surface area contributed by atoms with Crippen molar-refractivity contribution in [3.8, 4) is 0 Å². The van der Waals surface area contributed by atoms with E-state index in [1.807, 2.05) is 37.4 Å². The number of hydrogen-bond donors (Lipinski definition) is 0. The van der Waals surface area contributed by atoms with Crippen molar-refractivity contribution in [1.82, 2.24) is 14.8 Å². The number of hydrogen-bond acceptors (Lipinski definition) is 5. The lowest BCUT2D eigenvalue weighted by Crippen LogP contribution is -2.32. The van der Waals surface area contributed by atoms with Gasteiger partial charge in [0.05, 0.1) is 11.6 Å². The molecule has 0 radical (unpaired) electrons. The highest BCUT2D eigenvalue weighted by Crippen LogP contribution is 2.15. The predicted molar refractivity (Wildman–Crippen MR) is 104 cm³/mol. The summed E-state index contributed by atoms with van der Waals surface area (Å²) in [4.78, 5) is 21.5. The summed E-state index contributed by atoms with van der Waals surface area (Å²) in [5.41, 5.74) is 3.56. The molecule has 0 aliphatic rings. The van der Waals surface area contributed by atoms with E-state index in [-0.39, 0.29) is 5.43 Å². The fourth-order valence-electron chi connectivity index (χ4n) is 2.94. The van der Waals surface area contributed by atoms with Crippen LogP contribution >= 0.6 is 0 Å². The van der Waals surface area contributed by atoms with Crippen LogP contribution in [0.5, 0.6) is 0 Å². The van der Waals surface area contributed by atoms with Crippen LogP contribution in [-0.2, 0) is 13.1 Å². The van der Waals surface area contributed by atoms with Crippen LogP contribution in [0.2, 0.25) is 0 Å². The molecule has 26 heavy (non-hydrogen) atoms. The molecule has 0 N–H and O–H groups in total. The first-order chi connectivity index (χ1) is 12.5. The molecular weight excluding hydrogens is 326 g/mol. The lowest BCUT2D eigenvalue weighted by atomic mass is 10.1. The Bertz CT molecular complexity index is 919. The van der Waals surface area contributed by atoms with Crippen LogP contribution in [0.3, 0.4) is 0 Å². The van der Waals surface area contributed by atoms with E-state index in [4.69, 9.17) is 4.42 Å². The summed E-state index contributed by atoms with van der Waals surface area (Å²) in [6.07, 6.45) is 5.24. The first-order valence-corrected chi connectivity index (χ1v) is 8.80. The van der Waals surface area contributed by atoms with Crippen molar-refractivity contribution >= 4 is 11.0 Å². The van der Waals surface area contributed by atoms with E-state index in [2.05, 4.69) is 34.9 Å². The van der Waals surface area contributed by atoms with Crippen LogP contribution in [0.1, 0.15) is 16.7 Å². The number of pyridine rings is 1. The second kappa shape index (κ2) is 8.25. The Morgan fingerprint density at radius 1 is 1.12 bits per heavy atom. The summed E-state index contributed by atoms with van der Waals surface area (Å²) in [5.74, 6) is 0. The van der Waals surface area contributed by atoms with Crippen LogP contribution in [0.15, 0.2) is 58.2 Å². The van der Waals surface area contributed by atoms with Crippen molar-refractivity contribution in [2.45, 2.75) is 20.0 Å². The predicted octanol–water partition coefficient (Wildman–Crippen LogP) is 3.06. The highest BCUT2D eigenvalue weighted by Gasteiger charge is 2.13. The van der Waals surface area contributed by atoms with Crippen LogP contribution in [0.4, 0.5) is 0 Å². The lowest BCUT2D eigenvalue weighted by Gasteiger charge is -2.24. The van der Waals surface area contributed by atoms with E-state index in [1.165, 1.54) is 0 Å². The number of benzene rings is 1. The summed E-state index contributed by atoms with van der Waals surface area (Å²) in [5, 5.41) is 0.649. The molecule has 0 saturated heterocycles. The molecule has 0 aliphatic heterocycles. The molecule has 0 amide bonds. The number of aromatic nitrogens is 1. The summed E-state index contributed by atoms with van der Waals surface area (Å²) < 4.78 is 5.71. The standard InChI is InChI=1S/C21H25N3O2/c1-16-6-7-20-19(11-16)21(25)18(15-26-20)14-24(10-9-23(2)3)13-17-5-4-8-22-12-17/h4-8,11-12,15H,9-10,13-14H2,1-3H3. The van der Waals surface area contributed by atoms with E-state index < -0.39 is 0 Å².